The van der Waals surface area contributed by atoms with Gasteiger partial charge < -0.3 is 15.3 Å². The molecule has 2 N–H and O–H groups in total. The molecule has 1 fully saturated rings. The topological polar surface area (TPSA) is 52.6 Å². The van der Waals surface area contributed by atoms with Crippen molar-refractivity contribution >= 4 is 6.09 Å². The van der Waals surface area contributed by atoms with Crippen LogP contribution in [0, 0.1) is 0 Å². The average molecular weight is 234 g/mol. The second-order valence-electron chi connectivity index (χ2n) is 4.41. The second kappa shape index (κ2) is 5.68. The van der Waals surface area contributed by atoms with Gasteiger partial charge in [0.15, 0.2) is 0 Å². The molecule has 1 aliphatic rings. The molecular formula is C13H18N2O2. The second-order valence-corrected chi connectivity index (χ2v) is 4.41. The van der Waals surface area contributed by atoms with Gasteiger partial charge in [-0.1, -0.05) is 30.3 Å². The van der Waals surface area contributed by atoms with Crippen LogP contribution in [-0.2, 0) is 6.54 Å². The monoisotopic (exact) mass is 234 g/mol. The molecule has 92 valence electrons. The Morgan fingerprint density at radius 1 is 1.29 bits per heavy atom. The van der Waals surface area contributed by atoms with Crippen molar-refractivity contribution in [1.82, 2.24) is 10.2 Å². The van der Waals surface area contributed by atoms with Gasteiger partial charge in [-0.2, -0.15) is 0 Å². The van der Waals surface area contributed by atoms with Gasteiger partial charge in [0.1, 0.15) is 0 Å². The van der Waals surface area contributed by atoms with Crippen molar-refractivity contribution in [2.45, 2.75) is 25.4 Å². The summed E-state index contributed by atoms with van der Waals surface area (Å²) in [7, 11) is 0. The van der Waals surface area contributed by atoms with Crippen LogP contribution in [0.15, 0.2) is 30.3 Å². The van der Waals surface area contributed by atoms with Crippen LogP contribution in [0.5, 0.6) is 0 Å². The molecule has 0 spiro atoms. The fourth-order valence-corrected chi connectivity index (χ4v) is 2.13. The van der Waals surface area contributed by atoms with Gasteiger partial charge >= 0.3 is 6.09 Å². The average Bonchev–Trinajstić information content (AvgIpc) is 2.38. The number of benzene rings is 1. The van der Waals surface area contributed by atoms with Crippen LogP contribution < -0.4 is 5.32 Å². The number of carbonyl (C=O) groups is 1. The maximum atomic E-state index is 10.7. The molecule has 0 unspecified atom stereocenters. The van der Waals surface area contributed by atoms with Crippen LogP contribution >= 0.6 is 0 Å². The van der Waals surface area contributed by atoms with E-state index in [9.17, 15) is 4.79 Å². The number of nitrogens with zero attached hydrogens (tertiary/aromatic N) is 1. The first-order chi connectivity index (χ1) is 8.25. The van der Waals surface area contributed by atoms with Gasteiger partial charge in [-0.3, -0.25) is 0 Å². The van der Waals surface area contributed by atoms with Crippen molar-refractivity contribution in [2.24, 2.45) is 0 Å². The summed E-state index contributed by atoms with van der Waals surface area (Å²) >= 11 is 0. The van der Waals surface area contributed by atoms with Crippen molar-refractivity contribution < 1.29 is 9.90 Å². The third-order valence-electron chi connectivity index (χ3n) is 3.20. The standard InChI is InChI=1S/C13H18N2O2/c16-13(17)15-8-6-12(7-9-15)14-10-11-4-2-1-3-5-11/h1-5,12,14H,6-10H2,(H,16,17). The largest absolute Gasteiger partial charge is 0.465 e. The van der Waals surface area contributed by atoms with Gasteiger partial charge in [-0.15, -0.1) is 0 Å². The summed E-state index contributed by atoms with van der Waals surface area (Å²) in [6, 6.07) is 10.7. The molecule has 1 amide bonds. The van der Waals surface area contributed by atoms with Crippen LogP contribution in [-0.4, -0.2) is 35.2 Å². The lowest BCUT2D eigenvalue weighted by Gasteiger charge is -2.30. The molecule has 1 heterocycles. The first-order valence-electron chi connectivity index (χ1n) is 6.01. The number of hydrogen-bond acceptors (Lipinski definition) is 2. The SMILES string of the molecule is O=C(O)N1CCC(NCc2ccccc2)CC1. The van der Waals surface area contributed by atoms with Crippen molar-refractivity contribution in [3.8, 4) is 0 Å². The summed E-state index contributed by atoms with van der Waals surface area (Å²) in [6.07, 6.45) is 1.00. The minimum absolute atomic E-state index is 0.436. The van der Waals surface area contributed by atoms with E-state index in [0.717, 1.165) is 19.4 Å². The third kappa shape index (κ3) is 3.46. The maximum Gasteiger partial charge on any atom is 0.407 e. The number of carboxylic acid groups (broad SMARTS) is 1. The Balaban J connectivity index is 1.74. The van der Waals surface area contributed by atoms with E-state index in [1.54, 1.807) is 0 Å². The highest BCUT2D eigenvalue weighted by Crippen LogP contribution is 2.11. The fraction of sp³-hybridized carbons (Fsp3) is 0.462. The number of piperidine rings is 1. The van der Waals surface area contributed by atoms with Gasteiger partial charge in [-0.25, -0.2) is 4.79 Å². The molecule has 1 aliphatic heterocycles. The molecule has 0 radical (unpaired) electrons. The lowest BCUT2D eigenvalue weighted by atomic mass is 10.1. The molecule has 2 rings (SSSR count). The Bertz CT molecular complexity index is 359. The Kier molecular flexibility index (Phi) is 3.98. The van der Waals surface area contributed by atoms with E-state index in [4.69, 9.17) is 5.11 Å². The lowest BCUT2D eigenvalue weighted by molar-refractivity contribution is 0.129. The molecule has 1 aromatic carbocycles. The van der Waals surface area contributed by atoms with E-state index in [1.807, 2.05) is 18.2 Å². The van der Waals surface area contributed by atoms with Crippen LogP contribution in [0.2, 0.25) is 0 Å². The maximum absolute atomic E-state index is 10.7. The highest BCUT2D eigenvalue weighted by Gasteiger charge is 2.21. The Hall–Kier alpha value is -1.55. The summed E-state index contributed by atoms with van der Waals surface area (Å²) in [5.41, 5.74) is 1.27. The molecule has 0 aliphatic carbocycles. The van der Waals surface area contributed by atoms with Crippen LogP contribution in [0.25, 0.3) is 0 Å². The highest BCUT2D eigenvalue weighted by atomic mass is 16.4. The summed E-state index contributed by atoms with van der Waals surface area (Å²) in [6.45, 7) is 2.14. The molecule has 0 saturated carbocycles. The fourth-order valence-electron chi connectivity index (χ4n) is 2.13. The van der Waals surface area contributed by atoms with Gasteiger partial charge in [0, 0.05) is 25.7 Å². The smallest absolute Gasteiger partial charge is 0.407 e. The van der Waals surface area contributed by atoms with Crippen LogP contribution in [0.3, 0.4) is 0 Å². The molecular weight excluding hydrogens is 216 g/mol. The van der Waals surface area contributed by atoms with Crippen molar-refractivity contribution in [1.29, 1.82) is 0 Å². The Morgan fingerprint density at radius 2 is 1.94 bits per heavy atom. The lowest BCUT2D eigenvalue weighted by Crippen LogP contribution is -2.44. The normalized spacial score (nSPS) is 17.1. The molecule has 0 atom stereocenters. The van der Waals surface area contributed by atoms with Crippen LogP contribution in [0.4, 0.5) is 4.79 Å². The highest BCUT2D eigenvalue weighted by molar-refractivity contribution is 5.65. The number of amides is 1. The molecule has 4 heteroatoms. The molecule has 1 aromatic rings. The first kappa shape index (κ1) is 11.9. The molecule has 0 aromatic heterocycles. The van der Waals surface area contributed by atoms with E-state index >= 15 is 0 Å². The zero-order valence-corrected chi connectivity index (χ0v) is 9.80. The predicted octanol–water partition coefficient (Wildman–Crippen LogP) is 1.92. The number of hydrogen-bond donors (Lipinski definition) is 2. The molecule has 0 bridgehead atoms. The van der Waals surface area contributed by atoms with E-state index < -0.39 is 6.09 Å². The zero-order valence-electron chi connectivity index (χ0n) is 9.80. The molecule has 17 heavy (non-hydrogen) atoms. The zero-order chi connectivity index (χ0) is 12.1. The van der Waals surface area contributed by atoms with E-state index in [2.05, 4.69) is 17.4 Å². The third-order valence-corrected chi connectivity index (χ3v) is 3.20. The van der Waals surface area contributed by atoms with Crippen molar-refractivity contribution in [3.63, 3.8) is 0 Å². The quantitative estimate of drug-likeness (QED) is 0.840. The van der Waals surface area contributed by atoms with Crippen molar-refractivity contribution in [3.05, 3.63) is 35.9 Å². The summed E-state index contributed by atoms with van der Waals surface area (Å²) in [4.78, 5) is 12.2. The summed E-state index contributed by atoms with van der Waals surface area (Å²) in [5, 5.41) is 12.3. The first-order valence-corrected chi connectivity index (χ1v) is 6.01. The van der Waals surface area contributed by atoms with E-state index in [0.29, 0.717) is 19.1 Å². The van der Waals surface area contributed by atoms with Gasteiger partial charge in [0.05, 0.1) is 0 Å². The predicted molar refractivity (Wildman–Crippen MR) is 65.9 cm³/mol. The van der Waals surface area contributed by atoms with Gasteiger partial charge in [-0.05, 0) is 18.4 Å². The number of likely N-dealkylation sites (tertiary alicyclic amines) is 1. The Labute approximate surface area is 101 Å². The van der Waals surface area contributed by atoms with Gasteiger partial charge in [0.25, 0.3) is 0 Å². The van der Waals surface area contributed by atoms with E-state index in [1.165, 1.54) is 10.5 Å². The number of nitrogens with one attached hydrogen (secondary N) is 1. The van der Waals surface area contributed by atoms with Crippen molar-refractivity contribution in [2.75, 3.05) is 13.1 Å². The van der Waals surface area contributed by atoms with E-state index in [-0.39, 0.29) is 0 Å². The summed E-state index contributed by atoms with van der Waals surface area (Å²) < 4.78 is 0. The number of rotatable bonds is 3. The minimum Gasteiger partial charge on any atom is -0.465 e. The Morgan fingerprint density at radius 3 is 2.53 bits per heavy atom. The van der Waals surface area contributed by atoms with Crippen LogP contribution in [0.1, 0.15) is 18.4 Å². The minimum atomic E-state index is -0.800. The van der Waals surface area contributed by atoms with Gasteiger partial charge in [0.2, 0.25) is 0 Å². The molecule has 4 nitrogen and oxygen atoms in total. The summed E-state index contributed by atoms with van der Waals surface area (Å²) in [5.74, 6) is 0. The molecule has 1 saturated heterocycles.